The van der Waals surface area contributed by atoms with Crippen LogP contribution in [0, 0.1) is 11.8 Å². The van der Waals surface area contributed by atoms with Crippen LogP contribution in [-0.2, 0) is 4.79 Å². The standard InChI is InChI=1S/C13H26N2O/c1-10(2)12(14)9-15-13(16)8-11-6-4-3-5-7-11/h10-12H,3-9,14H2,1-2H3,(H,15,16). The molecule has 1 saturated carbocycles. The third-order valence-corrected chi connectivity index (χ3v) is 3.59. The molecule has 1 rings (SSSR count). The smallest absolute Gasteiger partial charge is 0.220 e. The second-order valence-corrected chi connectivity index (χ2v) is 5.42. The van der Waals surface area contributed by atoms with E-state index in [9.17, 15) is 4.79 Å². The van der Waals surface area contributed by atoms with E-state index >= 15 is 0 Å². The van der Waals surface area contributed by atoms with Gasteiger partial charge in [-0.05, 0) is 24.7 Å². The lowest BCUT2D eigenvalue weighted by Gasteiger charge is -2.22. The van der Waals surface area contributed by atoms with Crippen LogP contribution >= 0.6 is 0 Å². The summed E-state index contributed by atoms with van der Waals surface area (Å²) in [4.78, 5) is 11.7. The number of rotatable bonds is 5. The Hall–Kier alpha value is -0.570. The summed E-state index contributed by atoms with van der Waals surface area (Å²) in [6.45, 7) is 4.78. The Labute approximate surface area is 99.2 Å². The first-order valence-corrected chi connectivity index (χ1v) is 6.62. The number of nitrogens with one attached hydrogen (secondary N) is 1. The maximum Gasteiger partial charge on any atom is 0.220 e. The van der Waals surface area contributed by atoms with Crippen LogP contribution in [0.2, 0.25) is 0 Å². The molecular formula is C13H26N2O. The van der Waals surface area contributed by atoms with Crippen molar-refractivity contribution >= 4 is 5.91 Å². The van der Waals surface area contributed by atoms with Crippen LogP contribution in [0.5, 0.6) is 0 Å². The van der Waals surface area contributed by atoms with Crippen LogP contribution in [0.4, 0.5) is 0 Å². The van der Waals surface area contributed by atoms with Crippen molar-refractivity contribution in [3.05, 3.63) is 0 Å². The van der Waals surface area contributed by atoms with Crippen molar-refractivity contribution in [2.75, 3.05) is 6.54 Å². The van der Waals surface area contributed by atoms with Crippen molar-refractivity contribution in [1.29, 1.82) is 0 Å². The molecule has 0 aromatic heterocycles. The first kappa shape index (κ1) is 13.5. The predicted molar refractivity (Wildman–Crippen MR) is 67.0 cm³/mol. The molecule has 16 heavy (non-hydrogen) atoms. The van der Waals surface area contributed by atoms with Gasteiger partial charge in [0.2, 0.25) is 5.91 Å². The third kappa shape index (κ3) is 4.97. The average Bonchev–Trinajstić information content (AvgIpc) is 2.27. The number of nitrogens with two attached hydrogens (primary N) is 1. The van der Waals surface area contributed by atoms with Crippen molar-refractivity contribution in [2.24, 2.45) is 17.6 Å². The Morgan fingerprint density at radius 3 is 2.50 bits per heavy atom. The van der Waals surface area contributed by atoms with Gasteiger partial charge in [-0.15, -0.1) is 0 Å². The molecule has 1 unspecified atom stereocenters. The maximum absolute atomic E-state index is 11.7. The van der Waals surface area contributed by atoms with Crippen molar-refractivity contribution in [2.45, 2.75) is 58.4 Å². The maximum atomic E-state index is 11.7. The van der Waals surface area contributed by atoms with Gasteiger partial charge in [0, 0.05) is 19.0 Å². The number of carbonyl (C=O) groups excluding carboxylic acids is 1. The summed E-state index contributed by atoms with van der Waals surface area (Å²) in [6.07, 6.45) is 7.08. The Balaban J connectivity index is 2.14. The molecule has 3 nitrogen and oxygen atoms in total. The number of hydrogen-bond acceptors (Lipinski definition) is 2. The van der Waals surface area contributed by atoms with Gasteiger partial charge in [-0.2, -0.15) is 0 Å². The second-order valence-electron chi connectivity index (χ2n) is 5.42. The molecule has 94 valence electrons. The van der Waals surface area contributed by atoms with E-state index in [1.54, 1.807) is 0 Å². The highest BCUT2D eigenvalue weighted by Gasteiger charge is 2.17. The predicted octanol–water partition coefficient (Wildman–Crippen LogP) is 2.06. The fourth-order valence-electron chi connectivity index (χ4n) is 2.19. The zero-order chi connectivity index (χ0) is 12.0. The minimum absolute atomic E-state index is 0.0790. The quantitative estimate of drug-likeness (QED) is 0.754. The van der Waals surface area contributed by atoms with Gasteiger partial charge in [-0.3, -0.25) is 4.79 Å². The van der Waals surface area contributed by atoms with E-state index < -0.39 is 0 Å². The molecule has 1 aliphatic carbocycles. The van der Waals surface area contributed by atoms with E-state index in [0.29, 0.717) is 24.8 Å². The van der Waals surface area contributed by atoms with Gasteiger partial charge in [0.25, 0.3) is 0 Å². The molecule has 0 bridgehead atoms. The van der Waals surface area contributed by atoms with Crippen LogP contribution < -0.4 is 11.1 Å². The van der Waals surface area contributed by atoms with E-state index in [1.165, 1.54) is 32.1 Å². The molecule has 0 spiro atoms. The molecule has 1 fully saturated rings. The highest BCUT2D eigenvalue weighted by molar-refractivity contribution is 5.76. The topological polar surface area (TPSA) is 55.1 Å². The SMILES string of the molecule is CC(C)C(N)CNC(=O)CC1CCCCC1. The molecule has 0 aromatic rings. The molecule has 1 aliphatic rings. The molecule has 1 atom stereocenters. The summed E-state index contributed by atoms with van der Waals surface area (Å²) in [5.41, 5.74) is 5.88. The van der Waals surface area contributed by atoms with Gasteiger partial charge in [-0.25, -0.2) is 0 Å². The normalized spacial score (nSPS) is 19.8. The van der Waals surface area contributed by atoms with Gasteiger partial charge >= 0.3 is 0 Å². The lowest BCUT2D eigenvalue weighted by molar-refractivity contribution is -0.122. The lowest BCUT2D eigenvalue weighted by Crippen LogP contribution is -2.40. The zero-order valence-corrected chi connectivity index (χ0v) is 10.7. The van der Waals surface area contributed by atoms with E-state index in [0.717, 1.165) is 0 Å². The van der Waals surface area contributed by atoms with Crippen molar-refractivity contribution in [3.8, 4) is 0 Å². The van der Waals surface area contributed by atoms with Gasteiger partial charge in [0.1, 0.15) is 0 Å². The highest BCUT2D eigenvalue weighted by atomic mass is 16.1. The Morgan fingerprint density at radius 1 is 1.31 bits per heavy atom. The Bertz CT molecular complexity index is 210. The van der Waals surface area contributed by atoms with Crippen molar-refractivity contribution in [3.63, 3.8) is 0 Å². The van der Waals surface area contributed by atoms with Gasteiger partial charge in [0.15, 0.2) is 0 Å². The highest BCUT2D eigenvalue weighted by Crippen LogP contribution is 2.25. The average molecular weight is 226 g/mol. The lowest BCUT2D eigenvalue weighted by atomic mass is 9.87. The van der Waals surface area contributed by atoms with Gasteiger partial charge in [0.05, 0.1) is 0 Å². The Morgan fingerprint density at radius 2 is 1.94 bits per heavy atom. The molecule has 0 radical (unpaired) electrons. The molecule has 0 aromatic carbocycles. The van der Waals surface area contributed by atoms with E-state index in [-0.39, 0.29) is 11.9 Å². The molecular weight excluding hydrogens is 200 g/mol. The largest absolute Gasteiger partial charge is 0.355 e. The summed E-state index contributed by atoms with van der Waals surface area (Å²) >= 11 is 0. The molecule has 0 saturated heterocycles. The van der Waals surface area contributed by atoms with E-state index in [1.807, 2.05) is 0 Å². The molecule has 3 heteroatoms. The van der Waals surface area contributed by atoms with Crippen molar-refractivity contribution < 1.29 is 4.79 Å². The van der Waals surface area contributed by atoms with E-state index in [4.69, 9.17) is 5.73 Å². The summed E-state index contributed by atoms with van der Waals surface area (Å²) in [6, 6.07) is 0.0790. The van der Waals surface area contributed by atoms with Gasteiger partial charge < -0.3 is 11.1 Å². The summed E-state index contributed by atoms with van der Waals surface area (Å²) < 4.78 is 0. The van der Waals surface area contributed by atoms with Crippen LogP contribution in [0.15, 0.2) is 0 Å². The molecule has 1 amide bonds. The molecule has 0 aliphatic heterocycles. The summed E-state index contributed by atoms with van der Waals surface area (Å²) in [5, 5.41) is 2.95. The molecule has 0 heterocycles. The minimum atomic E-state index is 0.0790. The number of amides is 1. The first-order valence-electron chi connectivity index (χ1n) is 6.62. The van der Waals surface area contributed by atoms with Crippen LogP contribution in [0.1, 0.15) is 52.4 Å². The molecule has 3 N–H and O–H groups in total. The minimum Gasteiger partial charge on any atom is -0.355 e. The van der Waals surface area contributed by atoms with Gasteiger partial charge in [-0.1, -0.05) is 33.1 Å². The van der Waals surface area contributed by atoms with Crippen LogP contribution in [-0.4, -0.2) is 18.5 Å². The third-order valence-electron chi connectivity index (χ3n) is 3.59. The Kier molecular flexibility index (Phi) is 5.81. The number of hydrogen-bond donors (Lipinski definition) is 2. The second kappa shape index (κ2) is 6.89. The first-order chi connectivity index (χ1) is 7.59. The van der Waals surface area contributed by atoms with Crippen LogP contribution in [0.25, 0.3) is 0 Å². The fraction of sp³-hybridized carbons (Fsp3) is 0.923. The summed E-state index contributed by atoms with van der Waals surface area (Å²) in [7, 11) is 0. The number of carbonyl (C=O) groups is 1. The van der Waals surface area contributed by atoms with Crippen LogP contribution in [0.3, 0.4) is 0 Å². The monoisotopic (exact) mass is 226 g/mol. The van der Waals surface area contributed by atoms with E-state index in [2.05, 4.69) is 19.2 Å². The zero-order valence-electron chi connectivity index (χ0n) is 10.7. The fourth-order valence-corrected chi connectivity index (χ4v) is 2.19. The van der Waals surface area contributed by atoms with Crippen molar-refractivity contribution in [1.82, 2.24) is 5.32 Å². The summed E-state index contributed by atoms with van der Waals surface area (Å²) in [5.74, 6) is 1.22.